The standard InChI is InChI=1S/C18H10F3N3O2/c19-18(20,21)16-15(11-23-24(16)13-4-2-1-3-5-13)17(25)26-14-8-6-12(10-22)7-9-14/h1-9,11H. The highest BCUT2D eigenvalue weighted by molar-refractivity contribution is 5.92. The number of hydrogen-bond donors (Lipinski definition) is 0. The van der Waals surface area contributed by atoms with E-state index in [9.17, 15) is 18.0 Å². The van der Waals surface area contributed by atoms with Crippen LogP contribution in [0.15, 0.2) is 60.8 Å². The van der Waals surface area contributed by atoms with Crippen molar-refractivity contribution in [2.24, 2.45) is 0 Å². The molecule has 3 rings (SSSR count). The van der Waals surface area contributed by atoms with Gasteiger partial charge in [-0.25, -0.2) is 9.48 Å². The normalized spacial score (nSPS) is 11.0. The summed E-state index contributed by atoms with van der Waals surface area (Å²) in [6.07, 6.45) is -3.99. The fourth-order valence-corrected chi connectivity index (χ4v) is 2.30. The Hall–Kier alpha value is -3.60. The number of benzene rings is 2. The predicted molar refractivity (Wildman–Crippen MR) is 84.7 cm³/mol. The molecule has 1 aromatic heterocycles. The Morgan fingerprint density at radius 2 is 1.73 bits per heavy atom. The maximum absolute atomic E-state index is 13.5. The highest BCUT2D eigenvalue weighted by Crippen LogP contribution is 2.34. The minimum absolute atomic E-state index is 0.0228. The van der Waals surface area contributed by atoms with Crippen molar-refractivity contribution in [3.63, 3.8) is 0 Å². The molecule has 0 aliphatic rings. The van der Waals surface area contributed by atoms with Crippen molar-refractivity contribution >= 4 is 5.97 Å². The third kappa shape index (κ3) is 3.42. The molecule has 0 bridgehead atoms. The van der Waals surface area contributed by atoms with Gasteiger partial charge in [-0.05, 0) is 36.4 Å². The lowest BCUT2D eigenvalue weighted by Gasteiger charge is -2.12. The number of para-hydroxylation sites is 1. The first-order valence-corrected chi connectivity index (χ1v) is 7.33. The topological polar surface area (TPSA) is 67.9 Å². The van der Waals surface area contributed by atoms with Crippen LogP contribution in [0.4, 0.5) is 13.2 Å². The van der Waals surface area contributed by atoms with E-state index in [1.165, 1.54) is 36.4 Å². The number of rotatable bonds is 3. The number of hydrogen-bond acceptors (Lipinski definition) is 4. The maximum atomic E-state index is 13.5. The first-order chi connectivity index (χ1) is 12.4. The summed E-state index contributed by atoms with van der Waals surface area (Å²) in [5.74, 6) is -1.17. The van der Waals surface area contributed by atoms with Crippen LogP contribution in [0.1, 0.15) is 21.6 Å². The maximum Gasteiger partial charge on any atom is 0.434 e. The van der Waals surface area contributed by atoms with E-state index in [-0.39, 0.29) is 11.4 Å². The van der Waals surface area contributed by atoms with E-state index < -0.39 is 23.4 Å². The number of aromatic nitrogens is 2. The van der Waals surface area contributed by atoms with Gasteiger partial charge in [0.2, 0.25) is 0 Å². The fourth-order valence-electron chi connectivity index (χ4n) is 2.30. The zero-order valence-corrected chi connectivity index (χ0v) is 13.1. The van der Waals surface area contributed by atoms with Gasteiger partial charge in [0.25, 0.3) is 0 Å². The van der Waals surface area contributed by atoms with Gasteiger partial charge in [-0.1, -0.05) is 18.2 Å². The number of esters is 1. The second kappa shape index (κ2) is 6.72. The van der Waals surface area contributed by atoms with Crippen LogP contribution in [0, 0.1) is 11.3 Å². The number of halogens is 3. The number of carbonyl (C=O) groups is 1. The molecule has 0 N–H and O–H groups in total. The number of alkyl halides is 3. The van der Waals surface area contributed by atoms with Gasteiger partial charge in [0, 0.05) is 0 Å². The summed E-state index contributed by atoms with van der Waals surface area (Å²) in [5.41, 5.74) is -1.43. The van der Waals surface area contributed by atoms with Crippen molar-refractivity contribution in [3.8, 4) is 17.5 Å². The van der Waals surface area contributed by atoms with E-state index in [1.807, 2.05) is 6.07 Å². The Morgan fingerprint density at radius 3 is 2.31 bits per heavy atom. The van der Waals surface area contributed by atoms with Crippen molar-refractivity contribution in [3.05, 3.63) is 77.6 Å². The first kappa shape index (κ1) is 17.2. The molecular formula is C18H10F3N3O2. The molecule has 0 fully saturated rings. The lowest BCUT2D eigenvalue weighted by molar-refractivity contribution is -0.143. The van der Waals surface area contributed by atoms with Gasteiger partial charge in [0.15, 0.2) is 5.69 Å². The molecule has 0 aliphatic heterocycles. The molecule has 0 amide bonds. The zero-order chi connectivity index (χ0) is 18.7. The highest BCUT2D eigenvalue weighted by atomic mass is 19.4. The molecular weight excluding hydrogens is 347 g/mol. The number of nitriles is 1. The quantitative estimate of drug-likeness (QED) is 0.525. The van der Waals surface area contributed by atoms with Crippen molar-refractivity contribution < 1.29 is 22.7 Å². The summed E-state index contributed by atoms with van der Waals surface area (Å²) < 4.78 is 46.2. The molecule has 26 heavy (non-hydrogen) atoms. The van der Waals surface area contributed by atoms with Crippen molar-refractivity contribution in [2.75, 3.05) is 0 Å². The van der Waals surface area contributed by atoms with E-state index in [0.29, 0.717) is 10.2 Å². The minimum Gasteiger partial charge on any atom is -0.423 e. The average molecular weight is 357 g/mol. The number of carbonyl (C=O) groups excluding carboxylic acids is 1. The van der Waals surface area contributed by atoms with E-state index >= 15 is 0 Å². The molecule has 2 aromatic carbocycles. The van der Waals surface area contributed by atoms with E-state index in [4.69, 9.17) is 10.00 Å². The number of nitrogens with zero attached hydrogens (tertiary/aromatic N) is 3. The summed E-state index contributed by atoms with van der Waals surface area (Å²) in [6, 6.07) is 15.0. The first-order valence-electron chi connectivity index (χ1n) is 7.33. The monoisotopic (exact) mass is 357 g/mol. The zero-order valence-electron chi connectivity index (χ0n) is 13.1. The van der Waals surface area contributed by atoms with Gasteiger partial charge in [0.1, 0.15) is 11.3 Å². The second-order valence-electron chi connectivity index (χ2n) is 5.18. The van der Waals surface area contributed by atoms with Gasteiger partial charge in [-0.15, -0.1) is 0 Å². The third-order valence-electron chi connectivity index (χ3n) is 3.45. The SMILES string of the molecule is N#Cc1ccc(OC(=O)c2cnn(-c3ccccc3)c2C(F)(F)F)cc1. The smallest absolute Gasteiger partial charge is 0.423 e. The summed E-state index contributed by atoms with van der Waals surface area (Å²) in [5, 5.41) is 12.4. The summed E-state index contributed by atoms with van der Waals surface area (Å²) >= 11 is 0. The summed E-state index contributed by atoms with van der Waals surface area (Å²) in [7, 11) is 0. The Labute approximate surface area is 145 Å². The van der Waals surface area contributed by atoms with Crippen molar-refractivity contribution in [1.82, 2.24) is 9.78 Å². The van der Waals surface area contributed by atoms with Crippen LogP contribution < -0.4 is 4.74 Å². The van der Waals surface area contributed by atoms with E-state index in [0.717, 1.165) is 6.20 Å². The number of ether oxygens (including phenoxy) is 1. The lowest BCUT2D eigenvalue weighted by atomic mass is 10.2. The molecule has 130 valence electrons. The molecule has 3 aromatic rings. The highest BCUT2D eigenvalue weighted by Gasteiger charge is 2.41. The largest absolute Gasteiger partial charge is 0.434 e. The second-order valence-corrected chi connectivity index (χ2v) is 5.18. The Bertz CT molecular complexity index is 972. The Balaban J connectivity index is 1.98. The average Bonchev–Trinajstić information content (AvgIpc) is 3.09. The van der Waals surface area contributed by atoms with E-state index in [1.54, 1.807) is 18.2 Å². The van der Waals surface area contributed by atoms with Crippen LogP contribution in [0.25, 0.3) is 5.69 Å². The molecule has 0 atom stereocenters. The molecule has 0 radical (unpaired) electrons. The van der Waals surface area contributed by atoms with Gasteiger partial charge in [-0.2, -0.15) is 23.5 Å². The molecule has 0 saturated heterocycles. The van der Waals surface area contributed by atoms with E-state index in [2.05, 4.69) is 5.10 Å². The van der Waals surface area contributed by atoms with Gasteiger partial charge >= 0.3 is 12.1 Å². The van der Waals surface area contributed by atoms with Crippen LogP contribution in [0.5, 0.6) is 5.75 Å². The third-order valence-corrected chi connectivity index (χ3v) is 3.45. The Kier molecular flexibility index (Phi) is 4.45. The van der Waals surface area contributed by atoms with Crippen LogP contribution in [0.2, 0.25) is 0 Å². The van der Waals surface area contributed by atoms with Gasteiger partial charge in [0.05, 0.1) is 23.5 Å². The van der Waals surface area contributed by atoms with Crippen molar-refractivity contribution in [1.29, 1.82) is 5.26 Å². The van der Waals surface area contributed by atoms with Crippen molar-refractivity contribution in [2.45, 2.75) is 6.18 Å². The molecule has 0 spiro atoms. The fraction of sp³-hybridized carbons (Fsp3) is 0.0556. The summed E-state index contributed by atoms with van der Waals surface area (Å²) in [6.45, 7) is 0. The Morgan fingerprint density at radius 1 is 1.08 bits per heavy atom. The van der Waals surface area contributed by atoms with Crippen LogP contribution >= 0.6 is 0 Å². The minimum atomic E-state index is -4.81. The lowest BCUT2D eigenvalue weighted by Crippen LogP contribution is -2.19. The molecule has 8 heteroatoms. The molecule has 1 heterocycles. The predicted octanol–water partition coefficient (Wildman–Crippen LogP) is 3.98. The van der Waals surface area contributed by atoms with Gasteiger partial charge in [-0.3, -0.25) is 0 Å². The molecule has 0 saturated carbocycles. The molecule has 5 nitrogen and oxygen atoms in total. The van der Waals surface area contributed by atoms with Crippen LogP contribution in [-0.2, 0) is 6.18 Å². The van der Waals surface area contributed by atoms with Crippen LogP contribution in [-0.4, -0.2) is 15.7 Å². The molecule has 0 aliphatic carbocycles. The van der Waals surface area contributed by atoms with Gasteiger partial charge < -0.3 is 4.74 Å². The summed E-state index contributed by atoms with van der Waals surface area (Å²) in [4.78, 5) is 12.2. The van der Waals surface area contributed by atoms with Crippen LogP contribution in [0.3, 0.4) is 0 Å². The molecule has 0 unspecified atom stereocenters.